The molecule has 2 atom stereocenters. The van der Waals surface area contributed by atoms with Gasteiger partial charge in [-0.1, -0.05) is 81.5 Å². The number of sulfone groups is 1. The van der Waals surface area contributed by atoms with E-state index in [0.717, 1.165) is 25.5 Å². The molecule has 0 bridgehead atoms. The molecule has 14 heteroatoms. The monoisotopic (exact) mass is 695 g/mol. The zero-order valence-electron chi connectivity index (χ0n) is 25.5. The number of rotatable bonds is 14. The lowest BCUT2D eigenvalue weighted by molar-refractivity contribution is -0.249. The lowest BCUT2D eigenvalue weighted by Gasteiger charge is -2.44. The number of amides is 1. The minimum atomic E-state index is -4.85. The zero-order chi connectivity index (χ0) is 33.5. The van der Waals surface area contributed by atoms with Gasteiger partial charge in [-0.15, -0.1) is 0 Å². The summed E-state index contributed by atoms with van der Waals surface area (Å²) in [4.78, 5) is 24.6. The van der Waals surface area contributed by atoms with Crippen LogP contribution in [-0.2, 0) is 19.4 Å². The Hall–Kier alpha value is -2.07. The van der Waals surface area contributed by atoms with Crippen LogP contribution in [0.15, 0.2) is 23.1 Å². The summed E-state index contributed by atoms with van der Waals surface area (Å²) in [6.45, 7) is 2.63. The molecule has 2 N–H and O–H groups in total. The maximum Gasteiger partial charge on any atom is 0.403 e. The maximum absolute atomic E-state index is 13.5. The molecule has 252 valence electrons. The van der Waals surface area contributed by atoms with Crippen LogP contribution in [-0.4, -0.2) is 66.4 Å². The van der Waals surface area contributed by atoms with Crippen LogP contribution in [0.4, 0.5) is 13.2 Å². The number of carboxylic acids is 1. The van der Waals surface area contributed by atoms with Gasteiger partial charge in [-0.3, -0.25) is 10.1 Å². The van der Waals surface area contributed by atoms with Crippen molar-refractivity contribution in [3.05, 3.63) is 28.2 Å². The maximum atomic E-state index is 13.5. The first-order valence-electron chi connectivity index (χ1n) is 15.6. The summed E-state index contributed by atoms with van der Waals surface area (Å²) >= 11 is 11.7. The van der Waals surface area contributed by atoms with Crippen LogP contribution in [0.25, 0.3) is 0 Å². The van der Waals surface area contributed by atoms with Gasteiger partial charge < -0.3 is 10.0 Å². The van der Waals surface area contributed by atoms with Gasteiger partial charge in [0, 0.05) is 11.6 Å². The largest absolute Gasteiger partial charge is 0.480 e. The number of likely N-dealkylation sites (tertiary alicyclic amines) is 1. The molecule has 3 aliphatic rings. The summed E-state index contributed by atoms with van der Waals surface area (Å²) in [6.07, 6.45) is 6.88. The van der Waals surface area contributed by atoms with E-state index < -0.39 is 70.4 Å². The van der Waals surface area contributed by atoms with E-state index in [-0.39, 0.29) is 26.9 Å². The number of alkyl halides is 3. The number of nitrogens with one attached hydrogen (secondary N) is 1. The first-order chi connectivity index (χ1) is 21.1. The predicted octanol–water partition coefficient (Wildman–Crippen LogP) is 7.33. The predicted molar refractivity (Wildman–Crippen MR) is 166 cm³/mol. The number of hydrogen-bond acceptors (Lipinski definition) is 6. The second-order valence-corrected chi connectivity index (χ2v) is 15.4. The van der Waals surface area contributed by atoms with E-state index in [9.17, 15) is 36.3 Å². The summed E-state index contributed by atoms with van der Waals surface area (Å²) in [5.41, 5.74) is -2.77. The van der Waals surface area contributed by atoms with Crippen molar-refractivity contribution in [3.8, 4) is 6.07 Å². The van der Waals surface area contributed by atoms with Crippen molar-refractivity contribution < 1.29 is 36.3 Å². The molecule has 4 rings (SSSR count). The van der Waals surface area contributed by atoms with Crippen LogP contribution in [0.1, 0.15) is 96.8 Å². The first kappa shape index (κ1) is 37.4. The van der Waals surface area contributed by atoms with E-state index in [1.54, 1.807) is 0 Å². The number of aliphatic carboxylic acids is 1. The molecule has 1 amide bonds. The summed E-state index contributed by atoms with van der Waals surface area (Å²) in [5.74, 6) is -2.95. The van der Waals surface area contributed by atoms with Crippen LogP contribution in [0.3, 0.4) is 0 Å². The van der Waals surface area contributed by atoms with Crippen LogP contribution >= 0.6 is 23.2 Å². The smallest absolute Gasteiger partial charge is 0.403 e. The van der Waals surface area contributed by atoms with Gasteiger partial charge in [0.1, 0.15) is 17.0 Å². The molecule has 1 aromatic carbocycles. The minimum Gasteiger partial charge on any atom is -0.480 e. The Balaban J connectivity index is 0.000000292. The number of hydrogen-bond donors (Lipinski definition) is 2. The molecule has 1 aliphatic heterocycles. The molecule has 2 aliphatic carbocycles. The lowest BCUT2D eigenvalue weighted by Crippen LogP contribution is -2.58. The zero-order valence-corrected chi connectivity index (χ0v) is 27.8. The number of halogens is 5. The topological polar surface area (TPSA) is 128 Å². The lowest BCUT2D eigenvalue weighted by atomic mass is 9.67. The summed E-state index contributed by atoms with van der Waals surface area (Å²) in [6, 6.07) is 4.30. The van der Waals surface area contributed by atoms with Crippen molar-refractivity contribution >= 4 is 44.9 Å². The molecule has 45 heavy (non-hydrogen) atoms. The Morgan fingerprint density at radius 3 is 2.13 bits per heavy atom. The minimum absolute atomic E-state index is 0.110. The highest BCUT2D eigenvalue weighted by Crippen LogP contribution is 2.55. The molecule has 0 aromatic heterocycles. The quantitative estimate of drug-likeness (QED) is 0.195. The molecule has 3 fully saturated rings. The molecule has 1 saturated heterocycles. The fourth-order valence-corrected chi connectivity index (χ4v) is 8.30. The van der Waals surface area contributed by atoms with Crippen molar-refractivity contribution in [1.29, 1.82) is 5.26 Å². The van der Waals surface area contributed by atoms with Crippen LogP contribution in [0, 0.1) is 16.7 Å². The fourth-order valence-electron chi connectivity index (χ4n) is 5.83. The third kappa shape index (κ3) is 9.05. The second-order valence-electron chi connectivity index (χ2n) is 12.3. The Kier molecular flexibility index (Phi) is 13.0. The van der Waals surface area contributed by atoms with Gasteiger partial charge >= 0.3 is 12.1 Å². The molecule has 0 radical (unpaired) electrons. The standard InChI is InChI=1S/C17H16Cl2F3NO5S.C14H26N2/c18-9-2-3-13(11(19)6-9)29(27,28)10-7-12(14(24)25)23(8-10)15(26)16(4-1-5-16)17(20,21)22;1-2-3-4-5-6-7-8-9-12-16-14(13-15)10-11-14/h2-3,6,10,12H,1,4-5,7-8H2,(H,24,25);16H,2-12H2,1H3/t10-,12+;/m1./s1. The number of carboxylic acid groups (broad SMARTS) is 1. The van der Waals surface area contributed by atoms with Crippen LogP contribution in [0.5, 0.6) is 0 Å². The molecule has 1 aromatic rings. The Bertz CT molecular complexity index is 1340. The van der Waals surface area contributed by atoms with E-state index in [4.69, 9.17) is 28.5 Å². The normalized spacial score (nSPS) is 21.7. The SMILES string of the molecule is CCCCCCCCCCNC1(C#N)CC1.O=C(O)[C@@H]1C[C@@H](S(=O)(=O)c2ccc(Cl)cc2Cl)CN1C(=O)C1(C(F)(F)F)CCC1. The van der Waals surface area contributed by atoms with Gasteiger partial charge in [0.15, 0.2) is 9.84 Å². The number of carbonyl (C=O) groups is 2. The number of carbonyl (C=O) groups excluding carboxylic acids is 1. The summed E-state index contributed by atoms with van der Waals surface area (Å²) < 4.78 is 66.5. The summed E-state index contributed by atoms with van der Waals surface area (Å²) in [5, 5.41) is 20.2. The Morgan fingerprint density at radius 1 is 1.07 bits per heavy atom. The first-order valence-corrected chi connectivity index (χ1v) is 17.9. The third-order valence-electron chi connectivity index (χ3n) is 9.06. The van der Waals surface area contributed by atoms with Crippen LogP contribution < -0.4 is 5.32 Å². The van der Waals surface area contributed by atoms with Gasteiger partial charge in [0.25, 0.3) is 0 Å². The van der Waals surface area contributed by atoms with Crippen molar-refractivity contribution in [2.45, 2.75) is 125 Å². The van der Waals surface area contributed by atoms with Gasteiger partial charge in [0.2, 0.25) is 5.91 Å². The Morgan fingerprint density at radius 2 is 1.67 bits per heavy atom. The van der Waals surface area contributed by atoms with Gasteiger partial charge in [0.05, 0.1) is 21.2 Å². The van der Waals surface area contributed by atoms with Gasteiger partial charge in [-0.25, -0.2) is 13.2 Å². The molecule has 2 saturated carbocycles. The van der Waals surface area contributed by atoms with E-state index in [1.807, 2.05) is 0 Å². The average Bonchev–Trinajstić information content (AvgIpc) is 3.56. The highest BCUT2D eigenvalue weighted by atomic mass is 35.5. The molecular formula is C31H42Cl2F3N3O5S. The number of benzene rings is 1. The van der Waals surface area contributed by atoms with Crippen molar-refractivity contribution in [2.75, 3.05) is 13.1 Å². The summed E-state index contributed by atoms with van der Waals surface area (Å²) in [7, 11) is -4.22. The number of unbranched alkanes of at least 4 members (excludes halogenated alkanes) is 7. The highest BCUT2D eigenvalue weighted by molar-refractivity contribution is 7.92. The molecule has 1 heterocycles. The van der Waals surface area contributed by atoms with Gasteiger partial charge in [-0.05, 0) is 63.3 Å². The van der Waals surface area contributed by atoms with E-state index in [2.05, 4.69) is 18.3 Å². The van der Waals surface area contributed by atoms with E-state index >= 15 is 0 Å². The average molecular weight is 697 g/mol. The molecule has 8 nitrogen and oxygen atoms in total. The van der Waals surface area contributed by atoms with E-state index in [1.165, 1.54) is 63.5 Å². The van der Waals surface area contributed by atoms with Gasteiger partial charge in [-0.2, -0.15) is 18.4 Å². The number of nitrogens with zero attached hydrogens (tertiary/aromatic N) is 2. The molecule has 0 spiro atoms. The van der Waals surface area contributed by atoms with E-state index in [0.29, 0.717) is 4.90 Å². The van der Waals surface area contributed by atoms with Crippen LogP contribution in [0.2, 0.25) is 10.0 Å². The highest BCUT2D eigenvalue weighted by Gasteiger charge is 2.66. The molecular weight excluding hydrogens is 654 g/mol. The third-order valence-corrected chi connectivity index (χ3v) is 11.9. The Labute approximate surface area is 273 Å². The van der Waals surface area contributed by atoms with Crippen molar-refractivity contribution in [2.24, 2.45) is 5.41 Å². The van der Waals surface area contributed by atoms with Crippen molar-refractivity contribution in [3.63, 3.8) is 0 Å². The second kappa shape index (κ2) is 15.7. The number of nitriles is 1. The molecule has 0 unspecified atom stereocenters. The fraction of sp³-hybridized carbons (Fsp3) is 0.710. The van der Waals surface area contributed by atoms with Crippen molar-refractivity contribution in [1.82, 2.24) is 10.2 Å².